The van der Waals surface area contributed by atoms with Crippen LogP contribution >= 0.6 is 0 Å². The Balaban J connectivity index is 1.69. The normalized spacial score (nSPS) is 11.1. The lowest BCUT2D eigenvalue weighted by molar-refractivity contribution is 0.0950. The summed E-state index contributed by atoms with van der Waals surface area (Å²) < 4.78 is 16.0. The van der Waals surface area contributed by atoms with Gasteiger partial charge in [-0.25, -0.2) is 5.43 Å². The smallest absolute Gasteiger partial charge is 0.289 e. The molecule has 0 fully saturated rings. The Morgan fingerprint density at radius 3 is 2.47 bits per heavy atom. The van der Waals surface area contributed by atoms with Crippen LogP contribution < -0.4 is 19.6 Å². The molecule has 0 aliphatic heterocycles. The SMILES string of the molecule is CCOc1ccc(C(C)=NNC(=O)c2cc(-c3ccc(OC)c(OC)c3)n[nH]2)cc1. The molecule has 3 aromatic rings. The van der Waals surface area contributed by atoms with Crippen LogP contribution in [0.2, 0.25) is 0 Å². The van der Waals surface area contributed by atoms with Crippen molar-refractivity contribution in [2.24, 2.45) is 5.10 Å². The van der Waals surface area contributed by atoms with Crippen molar-refractivity contribution in [2.75, 3.05) is 20.8 Å². The lowest BCUT2D eigenvalue weighted by Crippen LogP contribution is -2.19. The third kappa shape index (κ3) is 4.78. The van der Waals surface area contributed by atoms with Crippen LogP contribution in [0.1, 0.15) is 29.9 Å². The molecule has 0 aliphatic carbocycles. The van der Waals surface area contributed by atoms with Crippen LogP contribution in [0, 0.1) is 0 Å². The molecule has 0 aliphatic rings. The predicted molar refractivity (Wildman–Crippen MR) is 114 cm³/mol. The van der Waals surface area contributed by atoms with E-state index in [-0.39, 0.29) is 5.91 Å². The Morgan fingerprint density at radius 2 is 1.80 bits per heavy atom. The molecule has 1 aromatic heterocycles. The number of hydrogen-bond donors (Lipinski definition) is 2. The molecule has 0 unspecified atom stereocenters. The number of rotatable bonds is 8. The molecule has 3 rings (SSSR count). The largest absolute Gasteiger partial charge is 0.494 e. The molecule has 2 aromatic carbocycles. The second-order valence-electron chi connectivity index (χ2n) is 6.33. The Kier molecular flexibility index (Phi) is 6.69. The molecule has 0 spiro atoms. The van der Waals surface area contributed by atoms with Gasteiger partial charge >= 0.3 is 0 Å². The van der Waals surface area contributed by atoms with Crippen molar-refractivity contribution in [1.82, 2.24) is 15.6 Å². The molecule has 156 valence electrons. The quantitative estimate of drug-likeness (QED) is 0.438. The first-order chi connectivity index (χ1) is 14.5. The van der Waals surface area contributed by atoms with Gasteiger partial charge in [0.15, 0.2) is 11.5 Å². The maximum Gasteiger partial charge on any atom is 0.289 e. The van der Waals surface area contributed by atoms with Crippen LogP contribution in [0.25, 0.3) is 11.3 Å². The summed E-state index contributed by atoms with van der Waals surface area (Å²) in [6.45, 7) is 4.36. The highest BCUT2D eigenvalue weighted by Gasteiger charge is 2.13. The molecule has 2 N–H and O–H groups in total. The Bertz CT molecular complexity index is 1040. The van der Waals surface area contributed by atoms with Crippen LogP contribution in [0.15, 0.2) is 53.6 Å². The van der Waals surface area contributed by atoms with E-state index in [1.54, 1.807) is 32.4 Å². The minimum absolute atomic E-state index is 0.294. The van der Waals surface area contributed by atoms with Crippen molar-refractivity contribution in [3.8, 4) is 28.5 Å². The lowest BCUT2D eigenvalue weighted by atomic mass is 10.1. The minimum atomic E-state index is -0.389. The van der Waals surface area contributed by atoms with Gasteiger partial charge in [0, 0.05) is 5.56 Å². The van der Waals surface area contributed by atoms with Crippen LogP contribution in [0.3, 0.4) is 0 Å². The van der Waals surface area contributed by atoms with Crippen LogP contribution in [0.5, 0.6) is 17.2 Å². The number of H-pyrrole nitrogens is 1. The van der Waals surface area contributed by atoms with Gasteiger partial charge in [-0.1, -0.05) is 0 Å². The molecule has 0 saturated carbocycles. The fourth-order valence-electron chi connectivity index (χ4n) is 2.80. The molecular formula is C22H24N4O4. The van der Waals surface area contributed by atoms with Crippen molar-refractivity contribution < 1.29 is 19.0 Å². The van der Waals surface area contributed by atoms with E-state index in [9.17, 15) is 4.79 Å². The fraction of sp³-hybridized carbons (Fsp3) is 0.227. The zero-order valence-corrected chi connectivity index (χ0v) is 17.4. The minimum Gasteiger partial charge on any atom is -0.494 e. The van der Waals surface area contributed by atoms with Crippen molar-refractivity contribution >= 4 is 11.6 Å². The number of aromatic amines is 1. The van der Waals surface area contributed by atoms with Crippen molar-refractivity contribution in [3.05, 3.63) is 59.8 Å². The molecule has 30 heavy (non-hydrogen) atoms. The summed E-state index contributed by atoms with van der Waals surface area (Å²) in [5.74, 6) is 1.60. The van der Waals surface area contributed by atoms with E-state index >= 15 is 0 Å². The third-order valence-electron chi connectivity index (χ3n) is 4.41. The van der Waals surface area contributed by atoms with Crippen LogP contribution in [-0.4, -0.2) is 42.6 Å². The topological polar surface area (TPSA) is 97.8 Å². The number of hydrogen-bond acceptors (Lipinski definition) is 6. The first-order valence-corrected chi connectivity index (χ1v) is 9.41. The summed E-state index contributed by atoms with van der Waals surface area (Å²) >= 11 is 0. The van der Waals surface area contributed by atoms with Crippen molar-refractivity contribution in [1.29, 1.82) is 0 Å². The first kappa shape index (κ1) is 20.9. The van der Waals surface area contributed by atoms with Gasteiger partial charge in [-0.15, -0.1) is 0 Å². The Labute approximate surface area is 174 Å². The molecule has 0 bridgehead atoms. The fourth-order valence-corrected chi connectivity index (χ4v) is 2.80. The number of amides is 1. The maximum absolute atomic E-state index is 12.4. The monoisotopic (exact) mass is 408 g/mol. The number of methoxy groups -OCH3 is 2. The highest BCUT2D eigenvalue weighted by molar-refractivity contribution is 6.00. The van der Waals surface area contributed by atoms with Gasteiger partial charge in [-0.3, -0.25) is 9.89 Å². The molecule has 0 saturated heterocycles. The number of carbonyl (C=O) groups excluding carboxylic acids is 1. The third-order valence-corrected chi connectivity index (χ3v) is 4.41. The van der Waals surface area contributed by atoms with E-state index < -0.39 is 0 Å². The summed E-state index contributed by atoms with van der Waals surface area (Å²) in [5.41, 5.74) is 5.79. The van der Waals surface area contributed by atoms with Gasteiger partial charge in [0.25, 0.3) is 5.91 Å². The van der Waals surface area contributed by atoms with Crippen LogP contribution in [-0.2, 0) is 0 Å². The van der Waals surface area contributed by atoms with E-state index in [4.69, 9.17) is 14.2 Å². The Morgan fingerprint density at radius 1 is 1.07 bits per heavy atom. The van der Waals surface area contributed by atoms with Gasteiger partial charge < -0.3 is 14.2 Å². The maximum atomic E-state index is 12.4. The second kappa shape index (κ2) is 9.60. The number of aromatic nitrogens is 2. The van der Waals surface area contributed by atoms with E-state index in [0.717, 1.165) is 16.9 Å². The van der Waals surface area contributed by atoms with E-state index in [0.29, 0.717) is 35.2 Å². The van der Waals surface area contributed by atoms with Gasteiger partial charge in [0.05, 0.1) is 32.2 Å². The molecule has 8 heteroatoms. The Hall–Kier alpha value is -3.81. The van der Waals surface area contributed by atoms with Crippen LogP contribution in [0.4, 0.5) is 0 Å². The van der Waals surface area contributed by atoms with E-state index in [2.05, 4.69) is 20.7 Å². The molecule has 1 heterocycles. The lowest BCUT2D eigenvalue weighted by Gasteiger charge is -2.08. The average molecular weight is 408 g/mol. The highest BCUT2D eigenvalue weighted by Crippen LogP contribution is 2.31. The average Bonchev–Trinajstić information content (AvgIpc) is 3.28. The van der Waals surface area contributed by atoms with Crippen molar-refractivity contribution in [3.63, 3.8) is 0 Å². The number of benzene rings is 2. The number of nitrogens with one attached hydrogen (secondary N) is 2. The number of carbonyl (C=O) groups is 1. The van der Waals surface area contributed by atoms with E-state index in [1.165, 1.54) is 0 Å². The van der Waals surface area contributed by atoms with E-state index in [1.807, 2.05) is 44.2 Å². The molecule has 8 nitrogen and oxygen atoms in total. The molecule has 1 amide bonds. The zero-order valence-electron chi connectivity index (χ0n) is 17.4. The number of nitrogens with zero attached hydrogens (tertiary/aromatic N) is 2. The highest BCUT2D eigenvalue weighted by atomic mass is 16.5. The van der Waals surface area contributed by atoms with Crippen molar-refractivity contribution in [2.45, 2.75) is 13.8 Å². The summed E-state index contributed by atoms with van der Waals surface area (Å²) in [4.78, 5) is 12.4. The van der Waals surface area contributed by atoms with Gasteiger partial charge in [-0.2, -0.15) is 10.2 Å². The number of ether oxygens (including phenoxy) is 3. The predicted octanol–water partition coefficient (Wildman–Crippen LogP) is 3.65. The summed E-state index contributed by atoms with van der Waals surface area (Å²) in [6.07, 6.45) is 0. The van der Waals surface area contributed by atoms with Gasteiger partial charge in [-0.05, 0) is 67.9 Å². The molecular weight excluding hydrogens is 384 g/mol. The standard InChI is InChI=1S/C22H24N4O4/c1-5-30-17-9-6-15(7-10-17)14(2)23-26-22(27)19-13-18(24-25-19)16-8-11-20(28-3)21(12-16)29-4/h6-13H,5H2,1-4H3,(H,24,25)(H,26,27). The summed E-state index contributed by atoms with van der Waals surface area (Å²) in [7, 11) is 3.14. The molecule has 0 radical (unpaired) electrons. The number of hydrazone groups is 1. The zero-order chi connectivity index (χ0) is 21.5. The summed E-state index contributed by atoms with van der Waals surface area (Å²) in [5, 5.41) is 11.1. The summed E-state index contributed by atoms with van der Waals surface area (Å²) in [6, 6.07) is 14.6. The first-order valence-electron chi connectivity index (χ1n) is 9.41. The molecule has 0 atom stereocenters. The van der Waals surface area contributed by atoms with Gasteiger partial charge in [0.1, 0.15) is 11.4 Å². The van der Waals surface area contributed by atoms with Gasteiger partial charge in [0.2, 0.25) is 0 Å². The second-order valence-corrected chi connectivity index (χ2v) is 6.33.